The van der Waals surface area contributed by atoms with Crippen LogP contribution in [0.3, 0.4) is 0 Å². The van der Waals surface area contributed by atoms with Gasteiger partial charge in [-0.3, -0.25) is 9.59 Å². The fourth-order valence-electron chi connectivity index (χ4n) is 4.35. The minimum atomic E-state index is -0.846. The Bertz CT molecular complexity index is 831. The number of hydrogen-bond donors (Lipinski definition) is 0. The summed E-state index contributed by atoms with van der Waals surface area (Å²) in [4.78, 5) is 27.9. The molecule has 0 radical (unpaired) electrons. The highest BCUT2D eigenvalue weighted by molar-refractivity contribution is 5.89. The second-order valence-electron chi connectivity index (χ2n) is 8.85. The molecule has 0 bridgehead atoms. The Morgan fingerprint density at radius 2 is 1.93 bits per heavy atom. The summed E-state index contributed by atoms with van der Waals surface area (Å²) < 4.78 is 11.1. The summed E-state index contributed by atoms with van der Waals surface area (Å²) in [5.74, 6) is 0.640. The predicted octanol–water partition coefficient (Wildman–Crippen LogP) is 4.42. The third-order valence-electron chi connectivity index (χ3n) is 5.62. The van der Waals surface area contributed by atoms with Gasteiger partial charge in [0.05, 0.1) is 7.11 Å². The fraction of sp³-hybridized carbons (Fsp3) is 0.500. The maximum absolute atomic E-state index is 13.4. The Kier molecular flexibility index (Phi) is 5.87. The molecule has 5 nitrogen and oxygen atoms in total. The number of ether oxygens (including phenoxy) is 2. The molecule has 5 heteroatoms. The average molecular weight is 398 g/mol. The van der Waals surface area contributed by atoms with Gasteiger partial charge in [-0.2, -0.15) is 0 Å². The van der Waals surface area contributed by atoms with Gasteiger partial charge in [0.2, 0.25) is 5.91 Å². The quantitative estimate of drug-likeness (QED) is 0.527. The summed E-state index contributed by atoms with van der Waals surface area (Å²) >= 11 is 0. The Labute approximate surface area is 173 Å². The van der Waals surface area contributed by atoms with Crippen LogP contribution in [0.1, 0.15) is 52.0 Å². The molecule has 0 aliphatic carbocycles. The van der Waals surface area contributed by atoms with Crippen LogP contribution in [0.15, 0.2) is 48.2 Å². The van der Waals surface area contributed by atoms with Crippen LogP contribution in [0.4, 0.5) is 0 Å². The lowest BCUT2D eigenvalue weighted by Gasteiger charge is -2.42. The van der Waals surface area contributed by atoms with Crippen molar-refractivity contribution in [1.29, 1.82) is 0 Å². The number of esters is 1. The van der Waals surface area contributed by atoms with E-state index in [1.807, 2.05) is 49.9 Å². The van der Waals surface area contributed by atoms with E-state index in [1.54, 1.807) is 13.2 Å². The van der Waals surface area contributed by atoms with Gasteiger partial charge in [0.15, 0.2) is 0 Å². The first kappa shape index (κ1) is 21.2. The van der Waals surface area contributed by atoms with Crippen LogP contribution < -0.4 is 4.74 Å². The van der Waals surface area contributed by atoms with Gasteiger partial charge in [-0.05, 0) is 69.7 Å². The molecule has 2 aliphatic heterocycles. The molecule has 156 valence electrons. The van der Waals surface area contributed by atoms with Crippen molar-refractivity contribution in [3.63, 3.8) is 0 Å². The summed E-state index contributed by atoms with van der Waals surface area (Å²) in [5, 5.41) is 0. The number of nitrogens with zero attached hydrogens (tertiary/aromatic N) is 1. The number of benzene rings is 1. The zero-order chi connectivity index (χ0) is 21.2. The Morgan fingerprint density at radius 1 is 1.24 bits per heavy atom. The van der Waals surface area contributed by atoms with Crippen LogP contribution in [-0.4, -0.2) is 36.0 Å². The van der Waals surface area contributed by atoms with Crippen molar-refractivity contribution in [2.45, 2.75) is 58.5 Å². The molecule has 3 rings (SSSR count). The first-order chi connectivity index (χ1) is 13.7. The summed E-state index contributed by atoms with van der Waals surface area (Å²) in [6.07, 6.45) is 4.53. The Hall–Kier alpha value is -2.56. The third kappa shape index (κ3) is 4.24. The van der Waals surface area contributed by atoms with Gasteiger partial charge >= 0.3 is 5.97 Å². The summed E-state index contributed by atoms with van der Waals surface area (Å²) in [6.45, 7) is 10.1. The topological polar surface area (TPSA) is 55.8 Å². The second kappa shape index (κ2) is 8.05. The van der Waals surface area contributed by atoms with Crippen LogP contribution in [0.2, 0.25) is 0 Å². The molecule has 2 aliphatic rings. The maximum atomic E-state index is 13.4. The number of methoxy groups -OCH3 is 1. The van der Waals surface area contributed by atoms with Crippen molar-refractivity contribution in [3.05, 3.63) is 53.8 Å². The maximum Gasteiger partial charge on any atom is 0.318 e. The van der Waals surface area contributed by atoms with Gasteiger partial charge in [0.1, 0.15) is 16.8 Å². The Balaban J connectivity index is 2.04. The average Bonchev–Trinajstić information content (AvgIpc) is 3.09. The molecule has 1 unspecified atom stereocenters. The number of rotatable bonds is 6. The first-order valence-corrected chi connectivity index (χ1v) is 10.2. The van der Waals surface area contributed by atoms with Crippen molar-refractivity contribution in [1.82, 2.24) is 4.90 Å². The van der Waals surface area contributed by atoms with E-state index in [0.29, 0.717) is 32.2 Å². The van der Waals surface area contributed by atoms with E-state index in [9.17, 15) is 9.59 Å². The molecular formula is C24H31NO4. The molecule has 0 spiro atoms. The minimum Gasteiger partial charge on any atom is -0.497 e. The van der Waals surface area contributed by atoms with E-state index >= 15 is 0 Å². The van der Waals surface area contributed by atoms with Crippen molar-refractivity contribution in [2.75, 3.05) is 13.7 Å². The van der Waals surface area contributed by atoms with Gasteiger partial charge < -0.3 is 14.4 Å². The van der Waals surface area contributed by atoms with Gasteiger partial charge in [-0.1, -0.05) is 18.2 Å². The SMILES string of the molecule is C=CCC1(C(=O)OC(C)(C)C)CCC(=O)N2CCC(Cc3ccc(OC)cc3)=C21. The predicted molar refractivity (Wildman–Crippen MR) is 112 cm³/mol. The molecule has 29 heavy (non-hydrogen) atoms. The molecule has 1 amide bonds. The zero-order valence-corrected chi connectivity index (χ0v) is 17.9. The monoisotopic (exact) mass is 397 g/mol. The molecule has 0 N–H and O–H groups in total. The summed E-state index contributed by atoms with van der Waals surface area (Å²) in [6, 6.07) is 7.93. The van der Waals surface area contributed by atoms with Crippen LogP contribution in [0.5, 0.6) is 5.75 Å². The molecule has 1 aromatic rings. The second-order valence-corrected chi connectivity index (χ2v) is 8.85. The van der Waals surface area contributed by atoms with Crippen LogP contribution in [-0.2, 0) is 20.7 Å². The van der Waals surface area contributed by atoms with E-state index in [-0.39, 0.29) is 11.9 Å². The van der Waals surface area contributed by atoms with Crippen LogP contribution >= 0.6 is 0 Å². The smallest absolute Gasteiger partial charge is 0.318 e. The standard InChI is InChI=1S/C24H31NO4/c1-6-13-24(22(27)29-23(2,3)4)14-11-20(26)25-15-12-18(21(24)25)16-17-7-9-19(28-5)10-8-17/h6-10H,1,11-16H2,2-5H3. The summed E-state index contributed by atoms with van der Waals surface area (Å²) in [5.41, 5.74) is 1.67. The van der Waals surface area contributed by atoms with Gasteiger partial charge in [0, 0.05) is 18.7 Å². The van der Waals surface area contributed by atoms with Gasteiger partial charge in [-0.15, -0.1) is 6.58 Å². The number of hydrogen-bond acceptors (Lipinski definition) is 4. The van der Waals surface area contributed by atoms with Gasteiger partial charge in [0.25, 0.3) is 0 Å². The molecule has 0 aromatic heterocycles. The fourth-order valence-corrected chi connectivity index (χ4v) is 4.35. The van der Waals surface area contributed by atoms with E-state index in [2.05, 4.69) is 6.58 Å². The highest BCUT2D eigenvalue weighted by atomic mass is 16.6. The largest absolute Gasteiger partial charge is 0.497 e. The molecule has 1 atom stereocenters. The van der Waals surface area contributed by atoms with Crippen molar-refractivity contribution in [2.24, 2.45) is 5.41 Å². The van der Waals surface area contributed by atoms with Crippen molar-refractivity contribution >= 4 is 11.9 Å². The molecule has 0 saturated carbocycles. The number of carbonyl (C=O) groups excluding carboxylic acids is 2. The van der Waals surface area contributed by atoms with Crippen LogP contribution in [0.25, 0.3) is 0 Å². The lowest BCUT2D eigenvalue weighted by Crippen LogP contribution is -2.49. The zero-order valence-electron chi connectivity index (χ0n) is 17.9. The van der Waals surface area contributed by atoms with Crippen LogP contribution in [0, 0.1) is 5.41 Å². The van der Waals surface area contributed by atoms with E-state index in [1.165, 1.54) is 0 Å². The van der Waals surface area contributed by atoms with E-state index in [4.69, 9.17) is 9.47 Å². The minimum absolute atomic E-state index is 0.0907. The summed E-state index contributed by atoms with van der Waals surface area (Å²) in [7, 11) is 1.65. The number of carbonyl (C=O) groups is 2. The number of piperidine rings is 1. The molecule has 1 saturated heterocycles. The molecule has 1 fully saturated rings. The van der Waals surface area contributed by atoms with E-state index < -0.39 is 11.0 Å². The number of fused-ring (bicyclic) bond motifs is 1. The van der Waals surface area contributed by atoms with Crippen molar-refractivity contribution < 1.29 is 19.1 Å². The Morgan fingerprint density at radius 3 is 2.52 bits per heavy atom. The molecule has 1 aromatic carbocycles. The highest BCUT2D eigenvalue weighted by Crippen LogP contribution is 2.49. The van der Waals surface area contributed by atoms with E-state index in [0.717, 1.165) is 29.0 Å². The first-order valence-electron chi connectivity index (χ1n) is 10.2. The lowest BCUT2D eigenvalue weighted by molar-refractivity contribution is -0.168. The number of amides is 1. The molecular weight excluding hydrogens is 366 g/mol. The lowest BCUT2D eigenvalue weighted by atomic mass is 9.72. The number of allylic oxidation sites excluding steroid dienone is 1. The highest BCUT2D eigenvalue weighted by Gasteiger charge is 2.52. The normalized spacial score (nSPS) is 21.8. The molecule has 2 heterocycles. The van der Waals surface area contributed by atoms with Crippen molar-refractivity contribution in [3.8, 4) is 5.75 Å². The van der Waals surface area contributed by atoms with Gasteiger partial charge in [-0.25, -0.2) is 0 Å². The third-order valence-corrected chi connectivity index (χ3v) is 5.62.